The molecule has 3 aromatic carbocycles. The molecule has 0 atom stereocenters. The average Bonchev–Trinajstić information content (AvgIpc) is 3.51. The van der Waals surface area contributed by atoms with Gasteiger partial charge in [0.2, 0.25) is 5.89 Å². The minimum Gasteiger partial charge on any atom is -0.550 e. The van der Waals surface area contributed by atoms with Crippen LogP contribution in [0.15, 0.2) is 77.2 Å². The van der Waals surface area contributed by atoms with Crippen molar-refractivity contribution in [2.75, 3.05) is 0 Å². The predicted molar refractivity (Wildman–Crippen MR) is 128 cm³/mol. The van der Waals surface area contributed by atoms with Crippen LogP contribution < -0.4 is 5.11 Å². The fourth-order valence-corrected chi connectivity index (χ4v) is 3.65. The Kier molecular flexibility index (Phi) is 5.89. The maximum absolute atomic E-state index is 10.7. The molecular formula is C27H18N5O3-. The predicted octanol–water partition coefficient (Wildman–Crippen LogP) is 3.94. The van der Waals surface area contributed by atoms with Gasteiger partial charge < -0.3 is 14.3 Å². The summed E-state index contributed by atoms with van der Waals surface area (Å²) in [7, 11) is 0. The summed E-state index contributed by atoms with van der Waals surface area (Å²) in [5, 5.41) is 28.1. The number of carboxylic acids is 1. The Hall–Kier alpha value is -5.03. The van der Waals surface area contributed by atoms with Gasteiger partial charge in [0.1, 0.15) is 17.3 Å². The second-order valence-electron chi connectivity index (χ2n) is 7.81. The number of aliphatic carboxylic acids is 1. The van der Waals surface area contributed by atoms with Gasteiger partial charge in [0, 0.05) is 30.1 Å². The maximum atomic E-state index is 10.7. The first kappa shape index (κ1) is 21.8. The first-order valence-corrected chi connectivity index (χ1v) is 10.9. The first-order chi connectivity index (χ1) is 17.1. The fourth-order valence-electron chi connectivity index (χ4n) is 3.65. The van der Waals surface area contributed by atoms with E-state index in [2.05, 4.69) is 21.4 Å². The molecule has 0 aliphatic carbocycles. The number of hydrogen-bond acceptors (Lipinski definition) is 7. The highest BCUT2D eigenvalue weighted by molar-refractivity contribution is 5.77. The van der Waals surface area contributed by atoms with E-state index in [4.69, 9.17) is 4.42 Å². The van der Waals surface area contributed by atoms with Crippen LogP contribution in [0.1, 0.15) is 23.2 Å². The number of hydrogen-bond donors (Lipinski definition) is 0. The number of nitriles is 1. The highest BCUT2D eigenvalue weighted by Crippen LogP contribution is 2.25. The van der Waals surface area contributed by atoms with Gasteiger partial charge in [-0.25, -0.2) is 9.67 Å². The quantitative estimate of drug-likeness (QED) is 0.337. The van der Waals surface area contributed by atoms with E-state index < -0.39 is 5.97 Å². The Morgan fingerprint density at radius 3 is 2.26 bits per heavy atom. The van der Waals surface area contributed by atoms with E-state index in [1.807, 2.05) is 84.9 Å². The molecule has 0 saturated heterocycles. The number of carbonyl (C=O) groups excluding carboxylic acids is 1. The van der Waals surface area contributed by atoms with Crippen LogP contribution in [0.5, 0.6) is 0 Å². The van der Waals surface area contributed by atoms with E-state index in [9.17, 15) is 15.2 Å². The number of aromatic nitrogens is 4. The van der Waals surface area contributed by atoms with E-state index in [0.717, 1.165) is 33.4 Å². The highest BCUT2D eigenvalue weighted by Gasteiger charge is 2.14. The molecule has 170 valence electrons. The number of fused-ring (bicyclic) bond motifs is 1. The van der Waals surface area contributed by atoms with E-state index in [0.29, 0.717) is 11.6 Å². The summed E-state index contributed by atoms with van der Waals surface area (Å²) in [5.41, 5.74) is 5.85. The molecule has 2 heterocycles. The zero-order valence-corrected chi connectivity index (χ0v) is 18.5. The number of aryl methyl sites for hydroxylation is 1. The molecule has 0 amide bonds. The van der Waals surface area contributed by atoms with Crippen LogP contribution in [0, 0.1) is 11.3 Å². The molecule has 8 nitrogen and oxygen atoms in total. The van der Waals surface area contributed by atoms with Crippen molar-refractivity contribution in [3.63, 3.8) is 0 Å². The SMILES string of the molecule is N#Cc1c(-c2ccc(/C=C/c3ccc(-c4nc5ccccc5o4)cc3)cc2)nnn1CCC(=O)[O-]. The molecule has 35 heavy (non-hydrogen) atoms. The van der Waals surface area contributed by atoms with Gasteiger partial charge in [-0.1, -0.05) is 65.9 Å². The molecule has 0 unspecified atom stereocenters. The summed E-state index contributed by atoms with van der Waals surface area (Å²) in [5.74, 6) is -0.617. The summed E-state index contributed by atoms with van der Waals surface area (Å²) in [6.45, 7) is 0.0320. The first-order valence-electron chi connectivity index (χ1n) is 10.9. The second-order valence-corrected chi connectivity index (χ2v) is 7.81. The standard InChI is InChI=1S/C27H19N5O3/c28-17-23-26(30-31-32(23)16-15-25(33)34)20-11-7-18(8-12-20)5-6-19-9-13-21(14-10-19)27-29-22-3-1-2-4-24(22)35-27/h1-14H,15-16H2,(H,33,34)/p-1/b6-5+. The fraction of sp³-hybridized carbons (Fsp3) is 0.0741. The van der Waals surface area contributed by atoms with Crippen molar-refractivity contribution >= 4 is 29.2 Å². The minimum absolute atomic E-state index is 0.0320. The molecule has 2 aromatic heterocycles. The summed E-state index contributed by atoms with van der Waals surface area (Å²) in [6, 6.07) is 25.2. The molecule has 0 bridgehead atoms. The molecule has 0 aliphatic heterocycles. The molecule has 0 radical (unpaired) electrons. The third kappa shape index (κ3) is 4.70. The number of oxazole rings is 1. The van der Waals surface area contributed by atoms with Crippen molar-refractivity contribution in [2.45, 2.75) is 13.0 Å². The normalized spacial score (nSPS) is 11.2. The van der Waals surface area contributed by atoms with E-state index in [-0.39, 0.29) is 18.7 Å². The topological polar surface area (TPSA) is 121 Å². The Balaban J connectivity index is 1.29. The van der Waals surface area contributed by atoms with Crippen LogP contribution in [0.3, 0.4) is 0 Å². The summed E-state index contributed by atoms with van der Waals surface area (Å²) < 4.78 is 7.10. The molecule has 0 saturated carbocycles. The van der Waals surface area contributed by atoms with Gasteiger partial charge in [-0.3, -0.25) is 0 Å². The molecule has 0 spiro atoms. The third-order valence-electron chi connectivity index (χ3n) is 5.47. The van der Waals surface area contributed by atoms with Crippen molar-refractivity contribution in [1.29, 1.82) is 5.26 Å². The van der Waals surface area contributed by atoms with E-state index in [1.165, 1.54) is 4.68 Å². The molecule has 8 heteroatoms. The lowest BCUT2D eigenvalue weighted by Crippen LogP contribution is -2.24. The van der Waals surface area contributed by atoms with Crippen LogP contribution >= 0.6 is 0 Å². The molecule has 5 rings (SSSR count). The number of carbonyl (C=O) groups is 1. The number of carboxylic acid groups (broad SMARTS) is 1. The van der Waals surface area contributed by atoms with Gasteiger partial charge in [0.25, 0.3) is 0 Å². The lowest BCUT2D eigenvalue weighted by atomic mass is 10.1. The summed E-state index contributed by atoms with van der Waals surface area (Å²) >= 11 is 0. The highest BCUT2D eigenvalue weighted by atomic mass is 16.4. The van der Waals surface area contributed by atoms with Crippen molar-refractivity contribution in [1.82, 2.24) is 20.0 Å². The van der Waals surface area contributed by atoms with Crippen molar-refractivity contribution < 1.29 is 14.3 Å². The molecule has 0 aliphatic rings. The Morgan fingerprint density at radius 2 is 1.63 bits per heavy atom. The van der Waals surface area contributed by atoms with Gasteiger partial charge in [0.15, 0.2) is 11.3 Å². The average molecular weight is 460 g/mol. The van der Waals surface area contributed by atoms with Gasteiger partial charge in [0.05, 0.1) is 0 Å². The maximum Gasteiger partial charge on any atom is 0.227 e. The van der Waals surface area contributed by atoms with Crippen molar-refractivity contribution in [2.24, 2.45) is 0 Å². The van der Waals surface area contributed by atoms with Crippen LogP contribution in [-0.4, -0.2) is 25.9 Å². The molecule has 5 aromatic rings. The monoisotopic (exact) mass is 460 g/mol. The van der Waals surface area contributed by atoms with Gasteiger partial charge >= 0.3 is 0 Å². The Morgan fingerprint density at radius 1 is 0.971 bits per heavy atom. The molecule has 0 N–H and O–H groups in total. The largest absolute Gasteiger partial charge is 0.550 e. The van der Waals surface area contributed by atoms with Gasteiger partial charge in [-0.15, -0.1) is 5.10 Å². The van der Waals surface area contributed by atoms with Gasteiger partial charge in [-0.05, 0) is 35.4 Å². The van der Waals surface area contributed by atoms with Gasteiger partial charge in [-0.2, -0.15) is 5.26 Å². The van der Waals surface area contributed by atoms with Crippen LogP contribution in [0.25, 0.3) is 46.0 Å². The van der Waals surface area contributed by atoms with Crippen LogP contribution in [0.4, 0.5) is 0 Å². The minimum atomic E-state index is -1.21. The number of benzene rings is 3. The lowest BCUT2D eigenvalue weighted by Gasteiger charge is -2.03. The van der Waals surface area contributed by atoms with Crippen molar-refractivity contribution in [3.8, 4) is 28.8 Å². The number of nitrogens with zero attached hydrogens (tertiary/aromatic N) is 5. The van der Waals surface area contributed by atoms with Crippen molar-refractivity contribution in [3.05, 3.63) is 89.6 Å². The summed E-state index contributed by atoms with van der Waals surface area (Å²) in [4.78, 5) is 15.2. The molecule has 0 fully saturated rings. The number of para-hydroxylation sites is 2. The lowest BCUT2D eigenvalue weighted by molar-refractivity contribution is -0.306. The van der Waals surface area contributed by atoms with E-state index >= 15 is 0 Å². The summed E-state index contributed by atoms with van der Waals surface area (Å²) in [6.07, 6.45) is 3.75. The zero-order valence-electron chi connectivity index (χ0n) is 18.5. The second kappa shape index (κ2) is 9.45. The zero-order chi connectivity index (χ0) is 24.2. The van der Waals surface area contributed by atoms with Crippen LogP contribution in [0.2, 0.25) is 0 Å². The third-order valence-corrected chi connectivity index (χ3v) is 5.47. The molecular weight excluding hydrogens is 442 g/mol. The smallest absolute Gasteiger partial charge is 0.227 e. The Bertz CT molecular complexity index is 1540. The number of rotatable bonds is 7. The Labute approximate surface area is 200 Å². The van der Waals surface area contributed by atoms with E-state index in [1.54, 1.807) is 0 Å². The van der Waals surface area contributed by atoms with Crippen LogP contribution in [-0.2, 0) is 11.3 Å².